The van der Waals surface area contributed by atoms with Crippen LogP contribution in [0.4, 0.5) is 10.9 Å². The Morgan fingerprint density at radius 1 is 1.62 bits per heavy atom. The van der Waals surface area contributed by atoms with Gasteiger partial charge in [0.1, 0.15) is 10.7 Å². The maximum atomic E-state index is 11.9. The van der Waals surface area contributed by atoms with Gasteiger partial charge in [-0.2, -0.15) is 0 Å². The van der Waals surface area contributed by atoms with E-state index in [1.165, 1.54) is 24.2 Å². The van der Waals surface area contributed by atoms with E-state index >= 15 is 0 Å². The third-order valence-corrected chi connectivity index (χ3v) is 3.85. The summed E-state index contributed by atoms with van der Waals surface area (Å²) in [5.74, 6) is 0.826. The molecular formula is C10H16N4OS. The van der Waals surface area contributed by atoms with Crippen LogP contribution in [-0.4, -0.2) is 24.0 Å². The highest BCUT2D eigenvalue weighted by Crippen LogP contribution is 2.33. The number of carbonyl (C=O) groups is 1. The Balaban J connectivity index is 2.04. The van der Waals surface area contributed by atoms with E-state index in [9.17, 15) is 4.79 Å². The molecule has 0 aliphatic heterocycles. The summed E-state index contributed by atoms with van der Waals surface area (Å²) in [5, 5.41) is 6.51. The molecule has 0 radical (unpaired) electrons. The van der Waals surface area contributed by atoms with Crippen molar-refractivity contribution in [3.05, 3.63) is 4.88 Å². The topological polar surface area (TPSA) is 80.0 Å². The average molecular weight is 240 g/mol. The van der Waals surface area contributed by atoms with Crippen LogP contribution in [0.5, 0.6) is 0 Å². The van der Waals surface area contributed by atoms with Crippen LogP contribution in [0, 0.1) is 5.92 Å². The van der Waals surface area contributed by atoms with Crippen LogP contribution >= 0.6 is 11.3 Å². The predicted octanol–water partition coefficient (Wildman–Crippen LogP) is 1.30. The molecule has 4 N–H and O–H groups in total. The Labute approximate surface area is 98.4 Å². The minimum absolute atomic E-state index is 0.115. The van der Waals surface area contributed by atoms with Crippen molar-refractivity contribution >= 4 is 28.2 Å². The Morgan fingerprint density at radius 2 is 2.31 bits per heavy atom. The standard InChI is InChI=1S/C10H16N4OS/c1-5(6-3-4-6)13-9(15)7-8(11)14-10(12-2)16-7/h5-6H,3-4,11H2,1-2H3,(H,12,14)(H,13,15). The molecule has 1 atom stereocenters. The lowest BCUT2D eigenvalue weighted by atomic mass is 10.2. The molecule has 1 fully saturated rings. The largest absolute Gasteiger partial charge is 0.382 e. The van der Waals surface area contributed by atoms with Crippen LogP contribution in [0.25, 0.3) is 0 Å². The van der Waals surface area contributed by atoms with Crippen LogP contribution in [0.15, 0.2) is 0 Å². The van der Waals surface area contributed by atoms with E-state index in [-0.39, 0.29) is 11.9 Å². The smallest absolute Gasteiger partial charge is 0.265 e. The second-order valence-electron chi connectivity index (χ2n) is 4.08. The van der Waals surface area contributed by atoms with Gasteiger partial charge in [-0.25, -0.2) is 4.98 Å². The maximum Gasteiger partial charge on any atom is 0.265 e. The van der Waals surface area contributed by atoms with Crippen molar-refractivity contribution in [2.24, 2.45) is 5.92 Å². The van der Waals surface area contributed by atoms with Gasteiger partial charge in [0.15, 0.2) is 5.13 Å². The van der Waals surface area contributed by atoms with Crippen LogP contribution in [0.2, 0.25) is 0 Å². The molecule has 1 aliphatic carbocycles. The lowest BCUT2D eigenvalue weighted by Gasteiger charge is -2.11. The number of rotatable bonds is 4. The van der Waals surface area contributed by atoms with Crippen LogP contribution in [-0.2, 0) is 0 Å². The van der Waals surface area contributed by atoms with Gasteiger partial charge in [-0.05, 0) is 25.7 Å². The molecule has 5 nitrogen and oxygen atoms in total. The van der Waals surface area contributed by atoms with Gasteiger partial charge in [-0.15, -0.1) is 0 Å². The first kappa shape index (κ1) is 11.2. The van der Waals surface area contributed by atoms with Gasteiger partial charge in [0, 0.05) is 13.1 Å². The van der Waals surface area contributed by atoms with Gasteiger partial charge in [-0.3, -0.25) is 4.79 Å². The van der Waals surface area contributed by atoms with Gasteiger partial charge in [0.05, 0.1) is 0 Å². The first-order chi connectivity index (χ1) is 7.61. The zero-order valence-corrected chi connectivity index (χ0v) is 10.2. The number of aromatic nitrogens is 1. The molecule has 0 saturated heterocycles. The van der Waals surface area contributed by atoms with Crippen molar-refractivity contribution < 1.29 is 4.79 Å². The zero-order valence-electron chi connectivity index (χ0n) is 9.41. The van der Waals surface area contributed by atoms with E-state index in [4.69, 9.17) is 5.73 Å². The fourth-order valence-electron chi connectivity index (χ4n) is 1.59. The number of nitrogens with zero attached hydrogens (tertiary/aromatic N) is 1. The number of carbonyl (C=O) groups excluding carboxylic acids is 1. The molecule has 6 heteroatoms. The number of nitrogen functional groups attached to an aromatic ring is 1. The normalized spacial score (nSPS) is 16.9. The molecule has 1 saturated carbocycles. The number of nitrogens with one attached hydrogen (secondary N) is 2. The number of anilines is 2. The first-order valence-electron chi connectivity index (χ1n) is 5.36. The summed E-state index contributed by atoms with van der Waals surface area (Å²) < 4.78 is 0. The molecule has 1 aromatic heterocycles. The molecule has 1 heterocycles. The van der Waals surface area contributed by atoms with Gasteiger partial charge in [0.25, 0.3) is 5.91 Å². The number of nitrogens with two attached hydrogens (primary N) is 1. The van der Waals surface area contributed by atoms with Gasteiger partial charge >= 0.3 is 0 Å². The molecule has 0 spiro atoms. The molecule has 1 aliphatic rings. The second-order valence-corrected chi connectivity index (χ2v) is 5.08. The molecule has 88 valence electrons. The summed E-state index contributed by atoms with van der Waals surface area (Å²) in [6.07, 6.45) is 2.42. The summed E-state index contributed by atoms with van der Waals surface area (Å²) in [4.78, 5) is 16.4. The Kier molecular flexibility index (Phi) is 3.00. The second kappa shape index (κ2) is 4.29. The minimum Gasteiger partial charge on any atom is -0.382 e. The quantitative estimate of drug-likeness (QED) is 0.741. The van der Waals surface area contributed by atoms with Gasteiger partial charge in [-0.1, -0.05) is 11.3 Å². The van der Waals surface area contributed by atoms with E-state index in [0.717, 1.165) is 0 Å². The van der Waals surface area contributed by atoms with Crippen LogP contribution < -0.4 is 16.4 Å². The number of hydrogen-bond acceptors (Lipinski definition) is 5. The molecule has 2 rings (SSSR count). The average Bonchev–Trinajstić information content (AvgIpc) is 3.02. The Morgan fingerprint density at radius 3 is 2.81 bits per heavy atom. The third-order valence-electron chi connectivity index (χ3n) is 2.76. The van der Waals surface area contributed by atoms with Crippen LogP contribution in [0.3, 0.4) is 0 Å². The molecule has 1 aromatic rings. The van der Waals surface area contributed by atoms with E-state index in [1.807, 2.05) is 6.92 Å². The fourth-order valence-corrected chi connectivity index (χ4v) is 2.33. The highest BCUT2D eigenvalue weighted by Gasteiger charge is 2.29. The van der Waals surface area contributed by atoms with Crippen molar-refractivity contribution in [3.8, 4) is 0 Å². The van der Waals surface area contributed by atoms with Crippen molar-refractivity contribution in [1.29, 1.82) is 0 Å². The summed E-state index contributed by atoms with van der Waals surface area (Å²) in [5.41, 5.74) is 5.68. The SMILES string of the molecule is CNc1nc(N)c(C(=O)NC(C)C2CC2)s1. The summed E-state index contributed by atoms with van der Waals surface area (Å²) in [6, 6.07) is 0.229. The number of thiazole rings is 1. The van der Waals surface area contributed by atoms with E-state index in [1.54, 1.807) is 7.05 Å². The number of amides is 1. The Bertz CT molecular complexity index is 400. The van der Waals surface area contributed by atoms with Gasteiger partial charge in [0.2, 0.25) is 0 Å². The lowest BCUT2D eigenvalue weighted by Crippen LogP contribution is -2.33. The monoisotopic (exact) mass is 240 g/mol. The molecular weight excluding hydrogens is 224 g/mol. The Hall–Kier alpha value is -1.30. The molecule has 1 amide bonds. The van der Waals surface area contributed by atoms with E-state index in [2.05, 4.69) is 15.6 Å². The summed E-state index contributed by atoms with van der Waals surface area (Å²) in [7, 11) is 1.76. The van der Waals surface area contributed by atoms with Crippen molar-refractivity contribution in [2.45, 2.75) is 25.8 Å². The number of hydrogen-bond donors (Lipinski definition) is 3. The molecule has 16 heavy (non-hydrogen) atoms. The highest BCUT2D eigenvalue weighted by molar-refractivity contribution is 7.18. The third kappa shape index (κ3) is 2.27. The van der Waals surface area contributed by atoms with Crippen molar-refractivity contribution in [3.63, 3.8) is 0 Å². The molecule has 0 bridgehead atoms. The maximum absolute atomic E-state index is 11.9. The molecule has 0 aromatic carbocycles. The zero-order chi connectivity index (χ0) is 11.7. The molecule has 1 unspecified atom stereocenters. The van der Waals surface area contributed by atoms with E-state index in [0.29, 0.717) is 21.7 Å². The lowest BCUT2D eigenvalue weighted by molar-refractivity contribution is 0.0940. The van der Waals surface area contributed by atoms with Crippen molar-refractivity contribution in [1.82, 2.24) is 10.3 Å². The summed E-state index contributed by atoms with van der Waals surface area (Å²) in [6.45, 7) is 2.03. The first-order valence-corrected chi connectivity index (χ1v) is 6.18. The fraction of sp³-hybridized carbons (Fsp3) is 0.600. The van der Waals surface area contributed by atoms with Gasteiger partial charge < -0.3 is 16.4 Å². The summed E-state index contributed by atoms with van der Waals surface area (Å²) >= 11 is 1.28. The van der Waals surface area contributed by atoms with Crippen molar-refractivity contribution in [2.75, 3.05) is 18.1 Å². The van der Waals surface area contributed by atoms with Crippen LogP contribution in [0.1, 0.15) is 29.4 Å². The predicted molar refractivity (Wildman–Crippen MR) is 65.7 cm³/mol. The highest BCUT2D eigenvalue weighted by atomic mass is 32.1. The van der Waals surface area contributed by atoms with E-state index < -0.39 is 0 Å². The minimum atomic E-state index is -0.115.